The Kier molecular flexibility index (Phi) is 5.84. The average molecular weight is 299 g/mol. The third-order valence-electron chi connectivity index (χ3n) is 2.77. The van der Waals surface area contributed by atoms with Crippen molar-refractivity contribution >= 4 is 17.7 Å². The van der Waals surface area contributed by atoms with E-state index in [0.717, 1.165) is 5.56 Å². The molecule has 1 atom stereocenters. The summed E-state index contributed by atoms with van der Waals surface area (Å²) in [6.45, 7) is 8.27. The van der Waals surface area contributed by atoms with Gasteiger partial charge in [-0.25, -0.2) is 4.79 Å². The minimum absolute atomic E-state index is 0.0967. The van der Waals surface area contributed by atoms with Gasteiger partial charge in [0.2, 0.25) is 0 Å². The van der Waals surface area contributed by atoms with Gasteiger partial charge in [-0.2, -0.15) is 0 Å². The number of nitrogens with two attached hydrogens (primary N) is 1. The lowest BCUT2D eigenvalue weighted by Crippen LogP contribution is -2.44. The number of carbonyl (C=O) groups excluding carboxylic acids is 1. The summed E-state index contributed by atoms with van der Waals surface area (Å²) >= 11 is 5.86. The van der Waals surface area contributed by atoms with Crippen molar-refractivity contribution in [1.29, 1.82) is 0 Å². The van der Waals surface area contributed by atoms with Gasteiger partial charge in [-0.1, -0.05) is 23.7 Å². The van der Waals surface area contributed by atoms with Crippen molar-refractivity contribution in [1.82, 2.24) is 4.90 Å². The van der Waals surface area contributed by atoms with Crippen molar-refractivity contribution in [3.05, 3.63) is 34.9 Å². The molecular weight excluding hydrogens is 276 g/mol. The molecule has 0 saturated carbocycles. The molecule has 1 amide bonds. The predicted molar refractivity (Wildman–Crippen MR) is 81.7 cm³/mol. The lowest BCUT2D eigenvalue weighted by Gasteiger charge is -2.31. The number of hydrogen-bond donors (Lipinski definition) is 1. The maximum atomic E-state index is 12.3. The van der Waals surface area contributed by atoms with Crippen LogP contribution in [0.2, 0.25) is 5.02 Å². The molecule has 0 aromatic heterocycles. The van der Waals surface area contributed by atoms with Gasteiger partial charge in [-0.3, -0.25) is 4.90 Å². The summed E-state index contributed by atoms with van der Waals surface area (Å²) < 4.78 is 5.42. The van der Waals surface area contributed by atoms with Gasteiger partial charge in [0.25, 0.3) is 0 Å². The fraction of sp³-hybridized carbons (Fsp3) is 0.533. The van der Waals surface area contributed by atoms with Crippen molar-refractivity contribution < 1.29 is 9.53 Å². The van der Waals surface area contributed by atoms with Crippen LogP contribution in [0.5, 0.6) is 0 Å². The number of benzene rings is 1. The minimum atomic E-state index is -0.524. The van der Waals surface area contributed by atoms with Crippen LogP contribution in [-0.2, 0) is 11.3 Å². The minimum Gasteiger partial charge on any atom is -0.444 e. The van der Waals surface area contributed by atoms with Crippen LogP contribution in [0, 0.1) is 0 Å². The highest BCUT2D eigenvalue weighted by atomic mass is 35.5. The Hall–Kier alpha value is -1.26. The highest BCUT2D eigenvalue weighted by molar-refractivity contribution is 6.30. The number of nitrogens with zero attached hydrogens (tertiary/aromatic N) is 1. The fourth-order valence-corrected chi connectivity index (χ4v) is 1.76. The molecule has 0 spiro atoms. The van der Waals surface area contributed by atoms with Crippen molar-refractivity contribution in [2.45, 2.75) is 45.9 Å². The first-order chi connectivity index (χ1) is 9.23. The number of ether oxygens (including phenoxy) is 1. The van der Waals surface area contributed by atoms with E-state index in [1.54, 1.807) is 17.0 Å². The molecule has 0 aliphatic heterocycles. The molecule has 0 saturated heterocycles. The van der Waals surface area contributed by atoms with Crippen molar-refractivity contribution in [2.75, 3.05) is 6.54 Å². The summed E-state index contributed by atoms with van der Waals surface area (Å²) in [5.41, 5.74) is 6.14. The first kappa shape index (κ1) is 16.8. The largest absolute Gasteiger partial charge is 0.444 e. The van der Waals surface area contributed by atoms with Gasteiger partial charge in [0.15, 0.2) is 0 Å². The van der Waals surface area contributed by atoms with Crippen molar-refractivity contribution in [3.8, 4) is 0 Å². The van der Waals surface area contributed by atoms with Gasteiger partial charge in [-0.15, -0.1) is 0 Å². The van der Waals surface area contributed by atoms with Crippen LogP contribution in [-0.4, -0.2) is 29.2 Å². The van der Waals surface area contributed by atoms with Gasteiger partial charge in [0, 0.05) is 24.2 Å². The van der Waals surface area contributed by atoms with E-state index in [2.05, 4.69) is 0 Å². The molecule has 1 aromatic rings. The van der Waals surface area contributed by atoms with Gasteiger partial charge in [0.05, 0.1) is 0 Å². The van der Waals surface area contributed by atoms with Crippen LogP contribution in [0.3, 0.4) is 0 Å². The van der Waals surface area contributed by atoms with Gasteiger partial charge in [-0.05, 0) is 45.4 Å². The van der Waals surface area contributed by atoms with E-state index in [0.29, 0.717) is 18.1 Å². The molecule has 112 valence electrons. The van der Waals surface area contributed by atoms with E-state index in [1.165, 1.54) is 0 Å². The second kappa shape index (κ2) is 6.95. The van der Waals surface area contributed by atoms with Crippen LogP contribution in [0.25, 0.3) is 0 Å². The highest BCUT2D eigenvalue weighted by Crippen LogP contribution is 2.16. The standard InChI is InChI=1S/C15H23ClN2O2/c1-11(9-17)18(14(19)20-15(2,3)4)10-12-5-7-13(16)8-6-12/h5-8,11H,9-10,17H2,1-4H3. The fourth-order valence-electron chi connectivity index (χ4n) is 1.63. The zero-order valence-electron chi connectivity index (χ0n) is 12.5. The number of halogens is 1. The molecule has 0 heterocycles. The Bertz CT molecular complexity index is 440. The van der Waals surface area contributed by atoms with Crippen molar-refractivity contribution in [2.24, 2.45) is 5.73 Å². The summed E-state index contributed by atoms with van der Waals surface area (Å²) in [6.07, 6.45) is -0.356. The molecular formula is C15H23ClN2O2. The first-order valence-electron chi connectivity index (χ1n) is 6.67. The van der Waals surface area contributed by atoms with E-state index in [9.17, 15) is 4.79 Å². The summed E-state index contributed by atoms with van der Waals surface area (Å²) in [7, 11) is 0. The lowest BCUT2D eigenvalue weighted by molar-refractivity contribution is 0.0163. The number of amides is 1. The smallest absolute Gasteiger partial charge is 0.410 e. The van der Waals surface area contributed by atoms with Crippen LogP contribution >= 0.6 is 11.6 Å². The molecule has 5 heteroatoms. The Morgan fingerprint density at radius 2 is 1.90 bits per heavy atom. The first-order valence-corrected chi connectivity index (χ1v) is 7.05. The molecule has 0 fully saturated rings. The maximum absolute atomic E-state index is 12.3. The highest BCUT2D eigenvalue weighted by Gasteiger charge is 2.25. The zero-order valence-corrected chi connectivity index (χ0v) is 13.3. The van der Waals surface area contributed by atoms with Crippen molar-refractivity contribution in [3.63, 3.8) is 0 Å². The van der Waals surface area contributed by atoms with Gasteiger partial charge < -0.3 is 10.5 Å². The number of rotatable bonds is 4. The van der Waals surface area contributed by atoms with Crippen LogP contribution in [0.15, 0.2) is 24.3 Å². The second-order valence-corrected chi connectivity index (χ2v) is 6.26. The molecule has 0 aliphatic rings. The summed E-state index contributed by atoms with van der Waals surface area (Å²) in [6, 6.07) is 7.29. The van der Waals surface area contributed by atoms with Crippen LogP contribution in [0.4, 0.5) is 4.79 Å². The maximum Gasteiger partial charge on any atom is 0.410 e. The number of carbonyl (C=O) groups is 1. The van der Waals surface area contributed by atoms with E-state index in [4.69, 9.17) is 22.1 Å². The average Bonchev–Trinajstić information content (AvgIpc) is 2.35. The Morgan fingerprint density at radius 3 is 2.35 bits per heavy atom. The van der Waals surface area contributed by atoms with E-state index >= 15 is 0 Å². The summed E-state index contributed by atoms with van der Waals surface area (Å²) in [5, 5.41) is 0.671. The Labute approximate surface area is 125 Å². The normalized spacial score (nSPS) is 12.9. The van der Waals surface area contributed by atoms with E-state index < -0.39 is 5.60 Å². The monoisotopic (exact) mass is 298 g/mol. The zero-order chi connectivity index (χ0) is 15.3. The predicted octanol–water partition coefficient (Wildman–Crippen LogP) is 3.42. The lowest BCUT2D eigenvalue weighted by atomic mass is 10.2. The topological polar surface area (TPSA) is 55.6 Å². The second-order valence-electron chi connectivity index (χ2n) is 5.82. The molecule has 1 rings (SSSR count). The Morgan fingerprint density at radius 1 is 1.35 bits per heavy atom. The molecule has 1 unspecified atom stereocenters. The molecule has 0 aliphatic carbocycles. The molecule has 4 nitrogen and oxygen atoms in total. The SMILES string of the molecule is CC(CN)N(Cc1ccc(Cl)cc1)C(=O)OC(C)(C)C. The summed E-state index contributed by atoms with van der Waals surface area (Å²) in [4.78, 5) is 13.9. The molecule has 1 aromatic carbocycles. The molecule has 0 radical (unpaired) electrons. The Balaban J connectivity index is 2.84. The van der Waals surface area contributed by atoms with E-state index in [1.807, 2.05) is 39.8 Å². The quantitative estimate of drug-likeness (QED) is 0.926. The molecule has 20 heavy (non-hydrogen) atoms. The molecule has 0 bridgehead atoms. The summed E-state index contributed by atoms with van der Waals surface area (Å²) in [5.74, 6) is 0. The number of hydrogen-bond acceptors (Lipinski definition) is 3. The molecule has 2 N–H and O–H groups in total. The third-order valence-corrected chi connectivity index (χ3v) is 3.02. The van der Waals surface area contributed by atoms with Gasteiger partial charge in [0.1, 0.15) is 5.60 Å². The third kappa shape index (κ3) is 5.39. The van der Waals surface area contributed by atoms with Crippen LogP contribution < -0.4 is 5.73 Å². The van der Waals surface area contributed by atoms with Gasteiger partial charge >= 0.3 is 6.09 Å². The van der Waals surface area contributed by atoms with E-state index in [-0.39, 0.29) is 12.1 Å². The van der Waals surface area contributed by atoms with Crippen LogP contribution in [0.1, 0.15) is 33.3 Å².